The highest BCUT2D eigenvalue weighted by Crippen LogP contribution is 2.16. The molecule has 2 rings (SSSR count). The minimum atomic E-state index is -0.474. The van der Waals surface area contributed by atoms with Crippen molar-refractivity contribution in [1.29, 1.82) is 0 Å². The fourth-order valence-electron chi connectivity index (χ4n) is 3.23. The third-order valence-electron chi connectivity index (χ3n) is 5.06. The van der Waals surface area contributed by atoms with E-state index in [1.54, 1.807) is 54.7 Å². The van der Waals surface area contributed by atoms with E-state index in [-0.39, 0.29) is 5.91 Å². The molecule has 2 aromatic rings. The van der Waals surface area contributed by atoms with E-state index in [0.29, 0.717) is 22.8 Å². The first kappa shape index (κ1) is 25.6. The van der Waals surface area contributed by atoms with Crippen molar-refractivity contribution in [1.82, 2.24) is 5.43 Å². The third kappa shape index (κ3) is 10.6. The highest BCUT2D eigenvalue weighted by atomic mass is 35.5. The summed E-state index contributed by atoms with van der Waals surface area (Å²) in [6, 6.07) is 13.5. The van der Waals surface area contributed by atoms with Gasteiger partial charge in [0.05, 0.1) is 11.8 Å². The van der Waals surface area contributed by atoms with E-state index >= 15 is 0 Å². The lowest BCUT2D eigenvalue weighted by molar-refractivity contribution is -0.121. The van der Waals surface area contributed by atoms with Gasteiger partial charge in [-0.1, -0.05) is 76.0 Å². The van der Waals surface area contributed by atoms with E-state index < -0.39 is 5.97 Å². The molecule has 5 nitrogen and oxygen atoms in total. The molecule has 0 aliphatic heterocycles. The summed E-state index contributed by atoms with van der Waals surface area (Å²) in [6.45, 7) is 2.23. The Morgan fingerprint density at radius 3 is 2.25 bits per heavy atom. The quantitative estimate of drug-likeness (QED) is 0.110. The van der Waals surface area contributed by atoms with Gasteiger partial charge in [0.1, 0.15) is 5.75 Å². The second-order valence-corrected chi connectivity index (χ2v) is 8.28. The Morgan fingerprint density at radius 2 is 1.59 bits per heavy atom. The van der Waals surface area contributed by atoms with E-state index in [4.69, 9.17) is 16.3 Å². The van der Waals surface area contributed by atoms with Gasteiger partial charge in [-0.3, -0.25) is 4.79 Å². The fraction of sp³-hybridized carbons (Fsp3) is 0.423. The number of carbonyl (C=O) groups is 2. The zero-order chi connectivity index (χ0) is 23.0. The highest BCUT2D eigenvalue weighted by molar-refractivity contribution is 6.30. The number of benzene rings is 2. The Kier molecular flexibility index (Phi) is 12.2. The molecule has 0 aromatic heterocycles. The zero-order valence-corrected chi connectivity index (χ0v) is 19.6. The molecule has 2 aromatic carbocycles. The van der Waals surface area contributed by atoms with Crippen LogP contribution in [0.1, 0.15) is 87.1 Å². The van der Waals surface area contributed by atoms with Crippen molar-refractivity contribution in [3.05, 3.63) is 64.7 Å². The number of ether oxygens (including phenoxy) is 1. The Labute approximate surface area is 196 Å². The van der Waals surface area contributed by atoms with Crippen LogP contribution < -0.4 is 10.2 Å². The van der Waals surface area contributed by atoms with Crippen LogP contribution in [-0.2, 0) is 4.79 Å². The molecule has 0 spiro atoms. The van der Waals surface area contributed by atoms with Crippen LogP contribution in [0, 0.1) is 0 Å². The van der Waals surface area contributed by atoms with Crippen molar-refractivity contribution in [3.63, 3.8) is 0 Å². The molecule has 172 valence electrons. The van der Waals surface area contributed by atoms with Crippen LogP contribution in [-0.4, -0.2) is 18.1 Å². The minimum absolute atomic E-state index is 0.0729. The molecule has 0 saturated carbocycles. The Balaban J connectivity index is 1.62. The number of amides is 1. The van der Waals surface area contributed by atoms with Crippen molar-refractivity contribution in [2.24, 2.45) is 5.10 Å². The standard InChI is InChI=1S/C26H33ClN2O3/c1-2-3-4-5-6-7-8-9-10-14-25(30)29-28-20-21-15-17-24(18-16-21)32-26(31)22-12-11-13-23(27)19-22/h11-13,15-20H,2-10,14H2,1H3,(H,29,30). The molecule has 0 heterocycles. The second kappa shape index (κ2) is 15.2. The van der Waals surface area contributed by atoms with Gasteiger partial charge < -0.3 is 4.74 Å². The lowest BCUT2D eigenvalue weighted by atomic mass is 10.1. The zero-order valence-electron chi connectivity index (χ0n) is 18.8. The van der Waals surface area contributed by atoms with Gasteiger partial charge in [0, 0.05) is 11.4 Å². The Bertz CT molecular complexity index is 866. The first-order chi connectivity index (χ1) is 15.6. The van der Waals surface area contributed by atoms with Crippen LogP contribution >= 0.6 is 11.6 Å². The lowest BCUT2D eigenvalue weighted by Gasteiger charge is -2.05. The van der Waals surface area contributed by atoms with E-state index in [2.05, 4.69) is 17.5 Å². The molecule has 0 atom stereocenters. The summed E-state index contributed by atoms with van der Waals surface area (Å²) in [5, 5.41) is 4.48. The van der Waals surface area contributed by atoms with Crippen molar-refractivity contribution < 1.29 is 14.3 Å². The van der Waals surface area contributed by atoms with Gasteiger partial charge in [-0.05, 0) is 54.4 Å². The van der Waals surface area contributed by atoms with Crippen molar-refractivity contribution >= 4 is 29.7 Å². The Morgan fingerprint density at radius 1 is 0.938 bits per heavy atom. The van der Waals surface area contributed by atoms with E-state index in [0.717, 1.165) is 18.4 Å². The smallest absolute Gasteiger partial charge is 0.343 e. The molecular formula is C26H33ClN2O3. The normalized spacial score (nSPS) is 10.9. The fourth-order valence-corrected chi connectivity index (χ4v) is 3.42. The summed E-state index contributed by atoms with van der Waals surface area (Å²) >= 11 is 5.90. The predicted octanol–water partition coefficient (Wildman–Crippen LogP) is 6.93. The average molecular weight is 457 g/mol. The number of carbonyl (C=O) groups excluding carboxylic acids is 2. The lowest BCUT2D eigenvalue weighted by Crippen LogP contribution is -2.16. The van der Waals surface area contributed by atoms with Crippen molar-refractivity contribution in [2.75, 3.05) is 0 Å². The molecule has 0 fully saturated rings. The summed E-state index contributed by atoms with van der Waals surface area (Å²) in [6.07, 6.45) is 13.1. The first-order valence-corrected chi connectivity index (χ1v) is 11.9. The van der Waals surface area contributed by atoms with E-state index in [1.807, 2.05) is 0 Å². The van der Waals surface area contributed by atoms with Crippen LogP contribution in [0.15, 0.2) is 53.6 Å². The van der Waals surface area contributed by atoms with Crippen LogP contribution in [0.4, 0.5) is 0 Å². The third-order valence-corrected chi connectivity index (χ3v) is 5.30. The maximum atomic E-state index is 12.1. The molecule has 0 aliphatic rings. The van der Waals surface area contributed by atoms with Gasteiger partial charge in [-0.25, -0.2) is 10.2 Å². The van der Waals surface area contributed by atoms with Crippen LogP contribution in [0.5, 0.6) is 5.75 Å². The summed E-state index contributed by atoms with van der Waals surface area (Å²) in [5.74, 6) is -0.129. The number of unbranched alkanes of at least 4 members (excludes halogenated alkanes) is 8. The van der Waals surface area contributed by atoms with Crippen molar-refractivity contribution in [2.45, 2.75) is 71.1 Å². The van der Waals surface area contributed by atoms with Gasteiger partial charge in [0.15, 0.2) is 0 Å². The van der Waals surface area contributed by atoms with Crippen molar-refractivity contribution in [3.8, 4) is 5.75 Å². The van der Waals surface area contributed by atoms with Gasteiger partial charge in [0.25, 0.3) is 0 Å². The monoisotopic (exact) mass is 456 g/mol. The van der Waals surface area contributed by atoms with Gasteiger partial charge in [0.2, 0.25) is 5.91 Å². The molecule has 0 bridgehead atoms. The largest absolute Gasteiger partial charge is 0.423 e. The highest BCUT2D eigenvalue weighted by Gasteiger charge is 2.08. The SMILES string of the molecule is CCCCCCCCCCCC(=O)NN=Cc1ccc(OC(=O)c2cccc(Cl)c2)cc1. The number of nitrogens with one attached hydrogen (secondary N) is 1. The molecule has 0 unspecified atom stereocenters. The number of esters is 1. The van der Waals surface area contributed by atoms with E-state index in [1.165, 1.54) is 44.9 Å². The summed E-state index contributed by atoms with van der Waals surface area (Å²) in [7, 11) is 0. The van der Waals surface area contributed by atoms with E-state index in [9.17, 15) is 9.59 Å². The average Bonchev–Trinajstić information content (AvgIpc) is 2.79. The topological polar surface area (TPSA) is 67.8 Å². The summed E-state index contributed by atoms with van der Waals surface area (Å²) in [4.78, 5) is 24.0. The maximum absolute atomic E-state index is 12.1. The van der Waals surface area contributed by atoms with Crippen LogP contribution in [0.2, 0.25) is 5.02 Å². The minimum Gasteiger partial charge on any atom is -0.423 e. The van der Waals surface area contributed by atoms with Crippen LogP contribution in [0.3, 0.4) is 0 Å². The number of nitrogens with zero attached hydrogens (tertiary/aromatic N) is 1. The number of halogens is 1. The molecule has 0 radical (unpaired) electrons. The molecule has 1 amide bonds. The number of hydrogen-bond acceptors (Lipinski definition) is 4. The molecule has 32 heavy (non-hydrogen) atoms. The predicted molar refractivity (Wildman–Crippen MR) is 130 cm³/mol. The number of hydrazone groups is 1. The molecule has 0 saturated heterocycles. The number of rotatable bonds is 14. The molecular weight excluding hydrogens is 424 g/mol. The Hall–Kier alpha value is -2.66. The number of hydrogen-bond donors (Lipinski definition) is 1. The molecule has 6 heteroatoms. The first-order valence-electron chi connectivity index (χ1n) is 11.5. The van der Waals surface area contributed by atoms with Gasteiger partial charge >= 0.3 is 5.97 Å². The maximum Gasteiger partial charge on any atom is 0.343 e. The molecule has 0 aliphatic carbocycles. The second-order valence-electron chi connectivity index (χ2n) is 7.84. The van der Waals surface area contributed by atoms with Gasteiger partial charge in [-0.15, -0.1) is 0 Å². The van der Waals surface area contributed by atoms with Crippen LogP contribution in [0.25, 0.3) is 0 Å². The summed E-state index contributed by atoms with van der Waals surface area (Å²) < 4.78 is 5.34. The summed E-state index contributed by atoms with van der Waals surface area (Å²) in [5.41, 5.74) is 3.74. The van der Waals surface area contributed by atoms with Gasteiger partial charge in [-0.2, -0.15) is 5.10 Å². The molecule has 1 N–H and O–H groups in total.